The van der Waals surface area contributed by atoms with Crippen molar-refractivity contribution in [3.8, 4) is 11.5 Å². The van der Waals surface area contributed by atoms with Crippen LogP contribution in [-0.2, 0) is 16.6 Å². The van der Waals surface area contributed by atoms with E-state index in [1.54, 1.807) is 31.4 Å². The fourth-order valence-electron chi connectivity index (χ4n) is 2.66. The molecule has 1 aliphatic carbocycles. The van der Waals surface area contributed by atoms with E-state index in [0.29, 0.717) is 11.5 Å². The third-order valence-corrected chi connectivity index (χ3v) is 5.75. The number of benzene rings is 2. The maximum Gasteiger partial charge on any atom is 0.251 e. The molecule has 2 aromatic rings. The van der Waals surface area contributed by atoms with Crippen molar-refractivity contribution in [3.05, 3.63) is 53.6 Å². The Bertz CT molecular complexity index is 939. The topological polar surface area (TPSA) is 93.7 Å². The van der Waals surface area contributed by atoms with Gasteiger partial charge in [0.2, 0.25) is 10.0 Å². The van der Waals surface area contributed by atoms with Crippen molar-refractivity contribution in [3.63, 3.8) is 0 Å². The Labute approximate surface area is 158 Å². The average molecular weight is 390 g/mol. The van der Waals surface area contributed by atoms with Gasteiger partial charge >= 0.3 is 0 Å². The zero-order valence-corrected chi connectivity index (χ0v) is 16.0. The number of carbonyl (C=O) groups excluding carboxylic acids is 1. The molecule has 0 spiro atoms. The van der Waals surface area contributed by atoms with Crippen LogP contribution in [0.1, 0.15) is 28.8 Å². The summed E-state index contributed by atoms with van der Waals surface area (Å²) in [6.45, 7) is 0.219. The van der Waals surface area contributed by atoms with E-state index >= 15 is 0 Å². The van der Waals surface area contributed by atoms with Crippen molar-refractivity contribution < 1.29 is 22.7 Å². The molecule has 1 fully saturated rings. The maximum atomic E-state index is 12.5. The Morgan fingerprint density at radius 3 is 2.52 bits per heavy atom. The molecular weight excluding hydrogens is 368 g/mol. The van der Waals surface area contributed by atoms with Gasteiger partial charge in [0, 0.05) is 23.7 Å². The Hall–Kier alpha value is -2.58. The maximum absolute atomic E-state index is 12.5. The fourth-order valence-corrected chi connectivity index (χ4v) is 4.01. The second kappa shape index (κ2) is 7.98. The van der Waals surface area contributed by atoms with Gasteiger partial charge in [-0.25, -0.2) is 13.1 Å². The van der Waals surface area contributed by atoms with Crippen molar-refractivity contribution in [2.45, 2.75) is 30.3 Å². The normalized spacial score (nSPS) is 13.9. The average Bonchev–Trinajstić information content (AvgIpc) is 3.49. The van der Waals surface area contributed by atoms with Crippen molar-refractivity contribution in [2.75, 3.05) is 14.2 Å². The summed E-state index contributed by atoms with van der Waals surface area (Å²) in [7, 11) is -0.531. The molecule has 0 bridgehead atoms. The number of amides is 1. The highest BCUT2D eigenvalue weighted by atomic mass is 32.2. The van der Waals surface area contributed by atoms with Gasteiger partial charge in [-0.2, -0.15) is 0 Å². The predicted octanol–water partition coefficient (Wildman–Crippen LogP) is 2.07. The first-order valence-electron chi connectivity index (χ1n) is 8.55. The summed E-state index contributed by atoms with van der Waals surface area (Å²) in [6.07, 6.45) is 1.70. The molecule has 0 radical (unpaired) electrons. The molecule has 27 heavy (non-hydrogen) atoms. The summed E-state index contributed by atoms with van der Waals surface area (Å²) in [5.41, 5.74) is 1.03. The molecule has 1 saturated carbocycles. The summed E-state index contributed by atoms with van der Waals surface area (Å²) in [5, 5.41) is 2.78. The van der Waals surface area contributed by atoms with Crippen molar-refractivity contribution in [1.29, 1.82) is 0 Å². The largest absolute Gasteiger partial charge is 0.493 e. The number of ether oxygens (including phenoxy) is 2. The van der Waals surface area contributed by atoms with Gasteiger partial charge in [-0.3, -0.25) is 4.79 Å². The van der Waals surface area contributed by atoms with Crippen molar-refractivity contribution in [1.82, 2.24) is 10.0 Å². The Morgan fingerprint density at radius 1 is 1.11 bits per heavy atom. The van der Waals surface area contributed by atoms with Crippen LogP contribution in [0.4, 0.5) is 0 Å². The number of nitrogens with one attached hydrogen (secondary N) is 2. The molecule has 2 aromatic carbocycles. The minimum absolute atomic E-state index is 0.00742. The zero-order chi connectivity index (χ0) is 19.4. The lowest BCUT2D eigenvalue weighted by Gasteiger charge is -2.13. The van der Waals surface area contributed by atoms with E-state index in [0.717, 1.165) is 18.4 Å². The Morgan fingerprint density at radius 2 is 1.85 bits per heavy atom. The van der Waals surface area contributed by atoms with Crippen LogP contribution in [0.2, 0.25) is 0 Å². The van der Waals surface area contributed by atoms with E-state index in [4.69, 9.17) is 9.47 Å². The molecule has 0 heterocycles. The number of methoxy groups -OCH3 is 2. The van der Waals surface area contributed by atoms with Crippen LogP contribution in [0.25, 0.3) is 0 Å². The minimum atomic E-state index is -3.61. The Balaban J connectivity index is 1.73. The molecule has 2 N–H and O–H groups in total. The summed E-state index contributed by atoms with van der Waals surface area (Å²) in [6, 6.07) is 11.4. The summed E-state index contributed by atoms with van der Waals surface area (Å²) < 4.78 is 37.8. The lowest BCUT2D eigenvalue weighted by atomic mass is 10.1. The van der Waals surface area contributed by atoms with E-state index in [-0.39, 0.29) is 29.0 Å². The van der Waals surface area contributed by atoms with Crippen molar-refractivity contribution in [2.24, 2.45) is 0 Å². The van der Waals surface area contributed by atoms with Gasteiger partial charge in [0.15, 0.2) is 11.5 Å². The monoisotopic (exact) mass is 390 g/mol. The van der Waals surface area contributed by atoms with Crippen LogP contribution < -0.4 is 19.5 Å². The van der Waals surface area contributed by atoms with Crippen LogP contribution in [0.15, 0.2) is 47.4 Å². The standard InChI is InChI=1S/C19H22N2O5S/c1-25-17-8-4-6-14(18(17)26-2)12-20-19(22)13-5-3-7-16(11-13)27(23,24)21-15-9-10-15/h3-8,11,15,21H,9-10,12H2,1-2H3,(H,20,22). The zero-order valence-electron chi connectivity index (χ0n) is 15.2. The molecular formula is C19H22N2O5S. The number of hydrogen-bond acceptors (Lipinski definition) is 5. The lowest BCUT2D eigenvalue weighted by Crippen LogP contribution is -2.27. The lowest BCUT2D eigenvalue weighted by molar-refractivity contribution is 0.0950. The van der Waals surface area contributed by atoms with Gasteiger partial charge in [0.25, 0.3) is 5.91 Å². The van der Waals surface area contributed by atoms with Gasteiger partial charge in [-0.05, 0) is 37.1 Å². The minimum Gasteiger partial charge on any atom is -0.493 e. The molecule has 144 valence electrons. The van der Waals surface area contributed by atoms with Gasteiger partial charge in [-0.15, -0.1) is 0 Å². The highest BCUT2D eigenvalue weighted by molar-refractivity contribution is 7.89. The van der Waals surface area contributed by atoms with Crippen LogP contribution >= 0.6 is 0 Å². The SMILES string of the molecule is COc1cccc(CNC(=O)c2cccc(S(=O)(=O)NC3CC3)c2)c1OC. The molecule has 8 heteroatoms. The van der Waals surface area contributed by atoms with E-state index in [2.05, 4.69) is 10.0 Å². The second-order valence-electron chi connectivity index (χ2n) is 6.26. The van der Waals surface area contributed by atoms with Gasteiger partial charge in [0.1, 0.15) is 0 Å². The van der Waals surface area contributed by atoms with E-state index in [1.165, 1.54) is 19.2 Å². The first-order valence-corrected chi connectivity index (χ1v) is 10.0. The van der Waals surface area contributed by atoms with Crippen LogP contribution in [0, 0.1) is 0 Å². The first kappa shape index (κ1) is 19.2. The van der Waals surface area contributed by atoms with Gasteiger partial charge in [0.05, 0.1) is 19.1 Å². The van der Waals surface area contributed by atoms with Crippen LogP contribution in [0.5, 0.6) is 11.5 Å². The van der Waals surface area contributed by atoms with E-state index in [9.17, 15) is 13.2 Å². The predicted molar refractivity (Wildman–Crippen MR) is 101 cm³/mol. The number of carbonyl (C=O) groups is 1. The first-order chi connectivity index (χ1) is 12.9. The number of hydrogen-bond donors (Lipinski definition) is 2. The van der Waals surface area contributed by atoms with E-state index in [1.807, 2.05) is 6.07 Å². The highest BCUT2D eigenvalue weighted by Crippen LogP contribution is 2.30. The molecule has 1 aliphatic rings. The van der Waals surface area contributed by atoms with Crippen molar-refractivity contribution >= 4 is 15.9 Å². The highest BCUT2D eigenvalue weighted by Gasteiger charge is 2.28. The molecule has 0 aromatic heterocycles. The quantitative estimate of drug-likeness (QED) is 0.720. The Kier molecular flexibility index (Phi) is 5.67. The van der Waals surface area contributed by atoms with Gasteiger partial charge in [-0.1, -0.05) is 18.2 Å². The van der Waals surface area contributed by atoms with Crippen LogP contribution in [0.3, 0.4) is 0 Å². The molecule has 0 unspecified atom stereocenters. The van der Waals surface area contributed by atoms with E-state index < -0.39 is 10.0 Å². The number of para-hydroxylation sites is 1. The van der Waals surface area contributed by atoms with Gasteiger partial charge < -0.3 is 14.8 Å². The van der Waals surface area contributed by atoms with Crippen LogP contribution in [-0.4, -0.2) is 34.6 Å². The molecule has 1 amide bonds. The number of rotatable bonds is 8. The third-order valence-electron chi connectivity index (χ3n) is 4.23. The molecule has 3 rings (SSSR count). The summed E-state index contributed by atoms with van der Waals surface area (Å²) in [4.78, 5) is 12.6. The molecule has 0 atom stereocenters. The smallest absolute Gasteiger partial charge is 0.251 e. The second-order valence-corrected chi connectivity index (χ2v) is 7.97. The number of sulfonamides is 1. The fraction of sp³-hybridized carbons (Fsp3) is 0.316. The summed E-state index contributed by atoms with van der Waals surface area (Å²) >= 11 is 0. The third kappa shape index (κ3) is 4.58. The summed E-state index contributed by atoms with van der Waals surface area (Å²) in [5.74, 6) is 0.747. The molecule has 7 nitrogen and oxygen atoms in total. The molecule has 0 saturated heterocycles. The molecule has 0 aliphatic heterocycles.